The van der Waals surface area contributed by atoms with E-state index >= 15 is 0 Å². The molecule has 1 unspecified atom stereocenters. The van der Waals surface area contributed by atoms with Gasteiger partial charge in [0.25, 0.3) is 0 Å². The molecular weight excluding hydrogens is 286 g/mol. The van der Waals surface area contributed by atoms with Gasteiger partial charge >= 0.3 is 0 Å². The summed E-state index contributed by atoms with van der Waals surface area (Å²) in [7, 11) is 0. The van der Waals surface area contributed by atoms with Crippen LogP contribution in [0, 0.1) is 0 Å². The van der Waals surface area contributed by atoms with Crippen LogP contribution in [0.25, 0.3) is 10.6 Å². The van der Waals surface area contributed by atoms with Crippen molar-refractivity contribution in [1.82, 2.24) is 4.98 Å². The number of aliphatic hydroxyl groups is 1. The van der Waals surface area contributed by atoms with E-state index in [1.54, 1.807) is 11.3 Å². The summed E-state index contributed by atoms with van der Waals surface area (Å²) in [6.45, 7) is 2.11. The number of aromatic nitrogens is 1. The van der Waals surface area contributed by atoms with E-state index in [1.807, 2.05) is 36.6 Å². The maximum absolute atomic E-state index is 9.08. The number of benzene rings is 1. The third kappa shape index (κ3) is 2.34. The number of hydrogen-bond acceptors (Lipinski definition) is 3. The van der Waals surface area contributed by atoms with E-state index in [-0.39, 0.29) is 12.5 Å². The molecule has 0 aliphatic rings. The Kier molecular flexibility index (Phi) is 3.74. The quantitative estimate of drug-likeness (QED) is 0.938. The van der Waals surface area contributed by atoms with Gasteiger partial charge in [0, 0.05) is 21.3 Å². The molecule has 1 aromatic carbocycles. The van der Waals surface area contributed by atoms with Crippen LogP contribution in [-0.4, -0.2) is 16.7 Å². The van der Waals surface area contributed by atoms with Gasteiger partial charge in [-0.15, -0.1) is 11.3 Å². The van der Waals surface area contributed by atoms with Crippen molar-refractivity contribution >= 4 is 27.3 Å². The van der Waals surface area contributed by atoms with Gasteiger partial charge in [-0.3, -0.25) is 0 Å². The van der Waals surface area contributed by atoms with E-state index in [0.29, 0.717) is 0 Å². The summed E-state index contributed by atoms with van der Waals surface area (Å²) >= 11 is 5.12. The summed E-state index contributed by atoms with van der Waals surface area (Å²) in [6, 6.07) is 8.03. The van der Waals surface area contributed by atoms with E-state index < -0.39 is 0 Å². The maximum Gasteiger partial charge on any atom is 0.124 e. The standard InChI is InChI=1S/C12H12BrNOS/c1-8(6-15)11-7-16-12(14-11)9-4-2-3-5-10(9)13/h2-5,7-8,15H,6H2,1H3. The molecule has 0 spiro atoms. The molecule has 0 aliphatic carbocycles. The van der Waals surface area contributed by atoms with Crippen molar-refractivity contribution in [2.75, 3.05) is 6.61 Å². The highest BCUT2D eigenvalue weighted by atomic mass is 79.9. The number of nitrogens with zero attached hydrogens (tertiary/aromatic N) is 1. The molecule has 0 aliphatic heterocycles. The van der Waals surface area contributed by atoms with Crippen LogP contribution in [0.2, 0.25) is 0 Å². The highest BCUT2D eigenvalue weighted by Crippen LogP contribution is 2.31. The molecule has 0 saturated heterocycles. The first-order valence-electron chi connectivity index (χ1n) is 5.03. The number of halogens is 1. The van der Waals surface area contributed by atoms with Crippen molar-refractivity contribution < 1.29 is 5.11 Å². The number of hydrogen-bond donors (Lipinski definition) is 1. The maximum atomic E-state index is 9.08. The van der Waals surface area contributed by atoms with Crippen LogP contribution in [0.3, 0.4) is 0 Å². The molecular formula is C12H12BrNOS. The van der Waals surface area contributed by atoms with E-state index in [4.69, 9.17) is 5.11 Å². The van der Waals surface area contributed by atoms with Crippen LogP contribution >= 0.6 is 27.3 Å². The van der Waals surface area contributed by atoms with Crippen LogP contribution in [0.15, 0.2) is 34.1 Å². The molecule has 1 heterocycles. The Bertz CT molecular complexity index is 483. The summed E-state index contributed by atoms with van der Waals surface area (Å²) in [6.07, 6.45) is 0. The van der Waals surface area contributed by atoms with Crippen molar-refractivity contribution in [2.45, 2.75) is 12.8 Å². The van der Waals surface area contributed by atoms with E-state index in [9.17, 15) is 0 Å². The third-order valence-corrected chi connectivity index (χ3v) is 3.99. The average molecular weight is 298 g/mol. The van der Waals surface area contributed by atoms with Gasteiger partial charge < -0.3 is 5.11 Å². The Balaban J connectivity index is 2.35. The van der Waals surface area contributed by atoms with Gasteiger partial charge in [0.2, 0.25) is 0 Å². The second kappa shape index (κ2) is 5.08. The SMILES string of the molecule is CC(CO)c1csc(-c2ccccc2Br)n1. The zero-order valence-corrected chi connectivity index (χ0v) is 11.3. The molecule has 0 radical (unpaired) electrons. The Morgan fingerprint density at radius 1 is 1.44 bits per heavy atom. The van der Waals surface area contributed by atoms with Gasteiger partial charge in [0.05, 0.1) is 12.3 Å². The molecule has 1 atom stereocenters. The molecule has 0 amide bonds. The predicted octanol–water partition coefficient (Wildman–Crippen LogP) is 3.67. The van der Waals surface area contributed by atoms with E-state index in [0.717, 1.165) is 20.7 Å². The minimum Gasteiger partial charge on any atom is -0.396 e. The summed E-state index contributed by atoms with van der Waals surface area (Å²) in [5.74, 6) is 0.104. The van der Waals surface area contributed by atoms with Gasteiger partial charge in [-0.1, -0.05) is 41.1 Å². The Labute approximate surface area is 107 Å². The molecule has 2 aromatic rings. The summed E-state index contributed by atoms with van der Waals surface area (Å²) in [5.41, 5.74) is 2.06. The monoisotopic (exact) mass is 297 g/mol. The molecule has 1 aromatic heterocycles. The van der Waals surface area contributed by atoms with E-state index in [1.165, 1.54) is 0 Å². The lowest BCUT2D eigenvalue weighted by atomic mass is 10.1. The zero-order valence-electron chi connectivity index (χ0n) is 8.85. The Morgan fingerprint density at radius 2 is 2.19 bits per heavy atom. The molecule has 16 heavy (non-hydrogen) atoms. The van der Waals surface area contributed by atoms with Crippen LogP contribution < -0.4 is 0 Å². The Hall–Kier alpha value is -0.710. The molecule has 0 saturated carbocycles. The van der Waals surface area contributed by atoms with Gasteiger partial charge in [0.15, 0.2) is 0 Å². The van der Waals surface area contributed by atoms with Crippen LogP contribution in [-0.2, 0) is 0 Å². The van der Waals surface area contributed by atoms with Crippen molar-refractivity contribution in [3.63, 3.8) is 0 Å². The van der Waals surface area contributed by atoms with E-state index in [2.05, 4.69) is 20.9 Å². The minimum atomic E-state index is 0.104. The third-order valence-electron chi connectivity index (χ3n) is 2.40. The molecule has 4 heteroatoms. The number of aliphatic hydroxyl groups excluding tert-OH is 1. The normalized spacial score (nSPS) is 12.7. The number of thiazole rings is 1. The lowest BCUT2D eigenvalue weighted by Crippen LogP contribution is -1.98. The average Bonchev–Trinajstić information content (AvgIpc) is 2.78. The minimum absolute atomic E-state index is 0.104. The highest BCUT2D eigenvalue weighted by Gasteiger charge is 2.11. The van der Waals surface area contributed by atoms with Gasteiger partial charge in [-0.2, -0.15) is 0 Å². The summed E-state index contributed by atoms with van der Waals surface area (Å²) in [5, 5.41) is 12.1. The van der Waals surface area contributed by atoms with Crippen molar-refractivity contribution in [3.05, 3.63) is 39.8 Å². The fourth-order valence-corrected chi connectivity index (χ4v) is 2.95. The van der Waals surface area contributed by atoms with Crippen LogP contribution in [0.1, 0.15) is 18.5 Å². The predicted molar refractivity (Wildman–Crippen MR) is 70.8 cm³/mol. The van der Waals surface area contributed by atoms with Crippen LogP contribution in [0.4, 0.5) is 0 Å². The van der Waals surface area contributed by atoms with Gasteiger partial charge in [0.1, 0.15) is 5.01 Å². The lowest BCUT2D eigenvalue weighted by molar-refractivity contribution is 0.271. The summed E-state index contributed by atoms with van der Waals surface area (Å²) < 4.78 is 1.05. The first kappa shape index (κ1) is 11.8. The van der Waals surface area contributed by atoms with Gasteiger partial charge in [-0.25, -0.2) is 4.98 Å². The fraction of sp³-hybridized carbons (Fsp3) is 0.250. The zero-order chi connectivity index (χ0) is 11.5. The smallest absolute Gasteiger partial charge is 0.124 e. The first-order valence-corrected chi connectivity index (χ1v) is 6.71. The van der Waals surface area contributed by atoms with Gasteiger partial charge in [-0.05, 0) is 6.07 Å². The molecule has 1 N–H and O–H groups in total. The number of rotatable bonds is 3. The van der Waals surface area contributed by atoms with Crippen molar-refractivity contribution in [2.24, 2.45) is 0 Å². The highest BCUT2D eigenvalue weighted by molar-refractivity contribution is 9.10. The Morgan fingerprint density at radius 3 is 2.88 bits per heavy atom. The molecule has 0 fully saturated rings. The van der Waals surface area contributed by atoms with Crippen LogP contribution in [0.5, 0.6) is 0 Å². The molecule has 2 rings (SSSR count). The second-order valence-corrected chi connectivity index (χ2v) is 5.35. The molecule has 2 nitrogen and oxygen atoms in total. The first-order chi connectivity index (χ1) is 7.72. The fourth-order valence-electron chi connectivity index (χ4n) is 1.36. The van der Waals surface area contributed by atoms with Crippen molar-refractivity contribution in [1.29, 1.82) is 0 Å². The second-order valence-electron chi connectivity index (χ2n) is 3.64. The largest absolute Gasteiger partial charge is 0.396 e. The lowest BCUT2D eigenvalue weighted by Gasteiger charge is -2.02. The summed E-state index contributed by atoms with van der Waals surface area (Å²) in [4.78, 5) is 4.54. The molecule has 84 valence electrons. The molecule has 0 bridgehead atoms. The topological polar surface area (TPSA) is 33.1 Å². The van der Waals surface area contributed by atoms with Crippen molar-refractivity contribution in [3.8, 4) is 10.6 Å².